The predicted octanol–water partition coefficient (Wildman–Crippen LogP) is 2.84. The Hall–Kier alpha value is -1.36. The summed E-state index contributed by atoms with van der Waals surface area (Å²) in [4.78, 5) is 0. The molecule has 18 heavy (non-hydrogen) atoms. The molecular weight excluding hydrogens is 240 g/mol. The molecule has 0 bridgehead atoms. The zero-order valence-corrected chi connectivity index (χ0v) is 11.3. The van der Waals surface area contributed by atoms with Crippen LogP contribution in [0.4, 0.5) is 8.78 Å². The van der Waals surface area contributed by atoms with Crippen LogP contribution in [0.2, 0.25) is 0 Å². The zero-order valence-electron chi connectivity index (χ0n) is 11.3. The third kappa shape index (κ3) is 2.27. The monoisotopic (exact) mass is 259 g/mol. The van der Waals surface area contributed by atoms with Crippen LogP contribution >= 0.6 is 0 Å². The number of methoxy groups -OCH3 is 2. The molecule has 1 rings (SSSR count). The van der Waals surface area contributed by atoms with E-state index < -0.39 is 11.5 Å². The summed E-state index contributed by atoms with van der Waals surface area (Å²) in [6.07, 6.45) is 0. The van der Waals surface area contributed by atoms with E-state index in [4.69, 9.17) is 15.2 Å². The molecule has 0 radical (unpaired) electrons. The van der Waals surface area contributed by atoms with Crippen molar-refractivity contribution in [1.29, 1.82) is 0 Å². The minimum Gasteiger partial charge on any atom is -0.496 e. The van der Waals surface area contributed by atoms with Crippen LogP contribution in [0.1, 0.15) is 25.0 Å². The van der Waals surface area contributed by atoms with Crippen molar-refractivity contribution in [1.82, 2.24) is 0 Å². The molecule has 0 aliphatic carbocycles. The fourth-order valence-corrected chi connectivity index (χ4v) is 1.75. The molecule has 0 heterocycles. The van der Waals surface area contributed by atoms with Gasteiger partial charge in [0.05, 0.1) is 25.3 Å². The molecule has 3 nitrogen and oxygen atoms in total. The van der Waals surface area contributed by atoms with Crippen LogP contribution in [-0.2, 0) is 5.92 Å². The standard InChI is InChI=1S/C13H19F2NO2/c1-8-10(17-4)7-6-9(11(8)18-5)13(14,15)12(2,3)16/h6-7H,16H2,1-5H3. The summed E-state index contributed by atoms with van der Waals surface area (Å²) >= 11 is 0. The number of nitrogens with two attached hydrogens (primary N) is 1. The first-order valence-corrected chi connectivity index (χ1v) is 5.55. The molecule has 0 atom stereocenters. The smallest absolute Gasteiger partial charge is 0.293 e. The van der Waals surface area contributed by atoms with E-state index in [0.717, 1.165) is 0 Å². The lowest BCUT2D eigenvalue weighted by Gasteiger charge is -2.32. The number of halogens is 2. The first-order valence-electron chi connectivity index (χ1n) is 5.55. The van der Waals surface area contributed by atoms with Gasteiger partial charge in [-0.05, 0) is 32.9 Å². The molecule has 0 aliphatic rings. The highest BCUT2D eigenvalue weighted by atomic mass is 19.3. The van der Waals surface area contributed by atoms with Crippen LogP contribution in [0.25, 0.3) is 0 Å². The average Bonchev–Trinajstić information content (AvgIpc) is 2.26. The minimum absolute atomic E-state index is 0.109. The number of hydrogen-bond acceptors (Lipinski definition) is 3. The largest absolute Gasteiger partial charge is 0.496 e. The maximum atomic E-state index is 14.3. The summed E-state index contributed by atoms with van der Waals surface area (Å²) in [5.41, 5.74) is 4.18. The normalized spacial score (nSPS) is 12.4. The molecule has 0 aromatic heterocycles. The van der Waals surface area contributed by atoms with Gasteiger partial charge in [-0.2, -0.15) is 8.78 Å². The van der Waals surface area contributed by atoms with Gasteiger partial charge in [-0.15, -0.1) is 0 Å². The lowest BCUT2D eigenvalue weighted by molar-refractivity contribution is -0.0689. The van der Waals surface area contributed by atoms with Crippen molar-refractivity contribution in [3.05, 3.63) is 23.3 Å². The number of hydrogen-bond donors (Lipinski definition) is 1. The Balaban J connectivity index is 3.48. The Bertz CT molecular complexity index is 439. The molecule has 0 amide bonds. The topological polar surface area (TPSA) is 44.5 Å². The van der Waals surface area contributed by atoms with Gasteiger partial charge < -0.3 is 15.2 Å². The van der Waals surface area contributed by atoms with E-state index in [0.29, 0.717) is 11.3 Å². The summed E-state index contributed by atoms with van der Waals surface area (Å²) < 4.78 is 38.7. The molecule has 1 aromatic rings. The molecule has 2 N–H and O–H groups in total. The quantitative estimate of drug-likeness (QED) is 0.904. The van der Waals surface area contributed by atoms with Crippen LogP contribution in [0.3, 0.4) is 0 Å². The molecule has 0 saturated carbocycles. The maximum absolute atomic E-state index is 14.3. The first-order chi connectivity index (χ1) is 8.16. The van der Waals surface area contributed by atoms with Crippen LogP contribution < -0.4 is 15.2 Å². The van der Waals surface area contributed by atoms with E-state index >= 15 is 0 Å². The van der Waals surface area contributed by atoms with E-state index in [1.54, 1.807) is 6.92 Å². The van der Waals surface area contributed by atoms with Gasteiger partial charge in [0.1, 0.15) is 11.5 Å². The summed E-state index contributed by atoms with van der Waals surface area (Å²) in [7, 11) is 2.83. The van der Waals surface area contributed by atoms with Crippen LogP contribution in [0.5, 0.6) is 11.5 Å². The van der Waals surface area contributed by atoms with E-state index in [9.17, 15) is 8.78 Å². The van der Waals surface area contributed by atoms with Gasteiger partial charge in [0, 0.05) is 5.56 Å². The lowest BCUT2D eigenvalue weighted by Crippen LogP contribution is -2.48. The Morgan fingerprint density at radius 3 is 2.06 bits per heavy atom. The van der Waals surface area contributed by atoms with Crippen molar-refractivity contribution in [2.24, 2.45) is 5.73 Å². The lowest BCUT2D eigenvalue weighted by atomic mass is 9.89. The van der Waals surface area contributed by atoms with Crippen molar-refractivity contribution in [2.75, 3.05) is 14.2 Å². The second-order valence-corrected chi connectivity index (χ2v) is 4.77. The van der Waals surface area contributed by atoms with Gasteiger partial charge in [-0.25, -0.2) is 0 Å². The Kier molecular flexibility index (Phi) is 3.86. The second kappa shape index (κ2) is 4.72. The number of ether oxygens (including phenoxy) is 2. The maximum Gasteiger partial charge on any atom is 0.293 e. The zero-order chi connectivity index (χ0) is 14.1. The highest BCUT2D eigenvalue weighted by Crippen LogP contribution is 2.44. The van der Waals surface area contributed by atoms with Crippen molar-refractivity contribution in [2.45, 2.75) is 32.2 Å². The highest BCUT2D eigenvalue weighted by molar-refractivity contribution is 5.51. The van der Waals surface area contributed by atoms with E-state index in [1.165, 1.54) is 40.2 Å². The van der Waals surface area contributed by atoms with Crippen molar-refractivity contribution < 1.29 is 18.3 Å². The van der Waals surface area contributed by atoms with Gasteiger partial charge in [-0.1, -0.05) is 0 Å². The number of rotatable bonds is 4. The Morgan fingerprint density at radius 1 is 1.11 bits per heavy atom. The van der Waals surface area contributed by atoms with Crippen molar-refractivity contribution >= 4 is 0 Å². The molecule has 0 saturated heterocycles. The summed E-state index contributed by atoms with van der Waals surface area (Å²) in [5.74, 6) is -2.59. The minimum atomic E-state index is -3.20. The fraction of sp³-hybridized carbons (Fsp3) is 0.538. The van der Waals surface area contributed by atoms with Gasteiger partial charge in [0.25, 0.3) is 5.92 Å². The number of alkyl halides is 2. The fourth-order valence-electron chi connectivity index (χ4n) is 1.75. The summed E-state index contributed by atoms with van der Waals surface area (Å²) in [5, 5.41) is 0. The van der Waals surface area contributed by atoms with Gasteiger partial charge in [0.15, 0.2) is 0 Å². The first kappa shape index (κ1) is 14.7. The van der Waals surface area contributed by atoms with Gasteiger partial charge in [-0.3, -0.25) is 0 Å². The molecule has 5 heteroatoms. The average molecular weight is 259 g/mol. The second-order valence-electron chi connectivity index (χ2n) is 4.77. The van der Waals surface area contributed by atoms with Crippen LogP contribution in [0, 0.1) is 6.92 Å². The molecule has 0 fully saturated rings. The highest BCUT2D eigenvalue weighted by Gasteiger charge is 2.47. The van der Waals surface area contributed by atoms with E-state index in [1.807, 2.05) is 0 Å². The summed E-state index contributed by atoms with van der Waals surface area (Å²) in [6, 6.07) is 2.78. The van der Waals surface area contributed by atoms with Crippen molar-refractivity contribution in [3.8, 4) is 11.5 Å². The Labute approximate surface area is 106 Å². The van der Waals surface area contributed by atoms with Gasteiger partial charge in [0.2, 0.25) is 0 Å². The van der Waals surface area contributed by atoms with Gasteiger partial charge >= 0.3 is 0 Å². The van der Waals surface area contributed by atoms with Crippen molar-refractivity contribution in [3.63, 3.8) is 0 Å². The molecule has 102 valence electrons. The Morgan fingerprint density at radius 2 is 1.67 bits per heavy atom. The third-order valence-electron chi connectivity index (χ3n) is 2.93. The van der Waals surface area contributed by atoms with Crippen LogP contribution in [-0.4, -0.2) is 19.8 Å². The molecular formula is C13H19F2NO2. The number of benzene rings is 1. The SMILES string of the molecule is COc1ccc(C(F)(F)C(C)(C)N)c(OC)c1C. The van der Waals surface area contributed by atoms with E-state index in [-0.39, 0.29) is 11.3 Å². The van der Waals surface area contributed by atoms with Crippen LogP contribution in [0.15, 0.2) is 12.1 Å². The predicted molar refractivity (Wildman–Crippen MR) is 66.4 cm³/mol. The molecule has 0 unspecified atom stereocenters. The molecule has 1 aromatic carbocycles. The van der Waals surface area contributed by atoms with E-state index in [2.05, 4.69) is 0 Å². The summed E-state index contributed by atoms with van der Waals surface area (Å²) in [6.45, 7) is 4.23. The molecule has 0 aliphatic heterocycles. The third-order valence-corrected chi connectivity index (χ3v) is 2.93. The molecule has 0 spiro atoms.